The third-order valence-electron chi connectivity index (χ3n) is 3.09. The fourth-order valence-corrected chi connectivity index (χ4v) is 2.05. The number of carbonyl (C=O) groups excluding carboxylic acids is 1. The van der Waals surface area contributed by atoms with Crippen molar-refractivity contribution in [3.63, 3.8) is 0 Å². The van der Waals surface area contributed by atoms with E-state index >= 15 is 0 Å². The summed E-state index contributed by atoms with van der Waals surface area (Å²) in [5.74, 6) is -0.341. The van der Waals surface area contributed by atoms with Crippen LogP contribution < -0.4 is 10.9 Å². The number of benzene rings is 1. The molecule has 0 saturated heterocycles. The number of aromatic amines is 1. The molecular formula is C15H12N4O2. The van der Waals surface area contributed by atoms with Crippen LogP contribution in [-0.2, 0) is 6.54 Å². The number of aromatic nitrogens is 3. The molecule has 0 unspecified atom stereocenters. The molecule has 2 N–H and O–H groups in total. The third kappa shape index (κ3) is 2.79. The highest BCUT2D eigenvalue weighted by molar-refractivity contribution is 5.92. The lowest BCUT2D eigenvalue weighted by molar-refractivity contribution is 0.0945. The van der Waals surface area contributed by atoms with Crippen molar-refractivity contribution in [2.75, 3.05) is 0 Å². The van der Waals surface area contributed by atoms with Gasteiger partial charge in [0.05, 0.1) is 5.52 Å². The van der Waals surface area contributed by atoms with Crippen molar-refractivity contribution in [1.82, 2.24) is 20.5 Å². The number of hydrogen-bond donors (Lipinski definition) is 2. The van der Waals surface area contributed by atoms with Crippen LogP contribution in [0, 0.1) is 0 Å². The van der Waals surface area contributed by atoms with Gasteiger partial charge in [-0.3, -0.25) is 14.6 Å². The number of fused-ring (bicyclic) bond motifs is 1. The standard InChI is InChI=1S/C15H12N4O2/c20-14-6-5-13(18-19-14)15(21)17-9-10-7-8-16-12-4-2-1-3-11(10)12/h1-8H,9H2,(H,17,21)(H,19,20). The molecule has 21 heavy (non-hydrogen) atoms. The lowest BCUT2D eigenvalue weighted by Gasteiger charge is -2.07. The first-order chi connectivity index (χ1) is 10.2. The molecule has 104 valence electrons. The molecule has 0 atom stereocenters. The van der Waals surface area contributed by atoms with Crippen molar-refractivity contribution in [3.05, 3.63) is 70.3 Å². The fraction of sp³-hybridized carbons (Fsp3) is 0.0667. The molecule has 0 spiro atoms. The number of carbonyl (C=O) groups is 1. The van der Waals surface area contributed by atoms with Crippen molar-refractivity contribution >= 4 is 16.8 Å². The Hall–Kier alpha value is -3.02. The minimum absolute atomic E-state index is 0.174. The first kappa shape index (κ1) is 13.0. The van der Waals surface area contributed by atoms with Crippen molar-refractivity contribution in [2.24, 2.45) is 0 Å². The van der Waals surface area contributed by atoms with Gasteiger partial charge < -0.3 is 5.32 Å². The number of pyridine rings is 1. The Morgan fingerprint density at radius 2 is 2.00 bits per heavy atom. The molecule has 1 aromatic carbocycles. The molecule has 0 bridgehead atoms. The zero-order valence-corrected chi connectivity index (χ0v) is 11.0. The second-order valence-corrected chi connectivity index (χ2v) is 4.48. The smallest absolute Gasteiger partial charge is 0.271 e. The number of rotatable bonds is 3. The van der Waals surface area contributed by atoms with E-state index in [-0.39, 0.29) is 17.2 Å². The Morgan fingerprint density at radius 3 is 2.81 bits per heavy atom. The van der Waals surface area contributed by atoms with E-state index in [1.807, 2.05) is 30.3 Å². The molecule has 3 rings (SSSR count). The van der Waals surface area contributed by atoms with Gasteiger partial charge in [0, 0.05) is 24.2 Å². The molecule has 6 heteroatoms. The lowest BCUT2D eigenvalue weighted by atomic mass is 10.1. The van der Waals surface area contributed by atoms with Gasteiger partial charge in [0.25, 0.3) is 11.5 Å². The number of nitrogens with zero attached hydrogens (tertiary/aromatic N) is 2. The summed E-state index contributed by atoms with van der Waals surface area (Å²) < 4.78 is 0. The van der Waals surface area contributed by atoms with Crippen molar-refractivity contribution in [1.29, 1.82) is 0 Å². The van der Waals surface area contributed by atoms with E-state index < -0.39 is 0 Å². The second-order valence-electron chi connectivity index (χ2n) is 4.48. The Labute approximate surface area is 119 Å². The first-order valence-corrected chi connectivity index (χ1v) is 6.40. The van der Waals surface area contributed by atoms with Gasteiger partial charge >= 0.3 is 0 Å². The van der Waals surface area contributed by atoms with Gasteiger partial charge in [0.15, 0.2) is 0 Å². The Bertz CT molecular complexity index is 832. The third-order valence-corrected chi connectivity index (χ3v) is 3.09. The number of amides is 1. The monoisotopic (exact) mass is 280 g/mol. The summed E-state index contributed by atoms with van der Waals surface area (Å²) >= 11 is 0. The van der Waals surface area contributed by atoms with Crippen LogP contribution in [0.3, 0.4) is 0 Å². The highest BCUT2D eigenvalue weighted by Gasteiger charge is 2.08. The minimum atomic E-state index is -0.341. The SMILES string of the molecule is O=C(NCc1ccnc2ccccc12)c1ccc(=O)[nH]n1. The van der Waals surface area contributed by atoms with Crippen LogP contribution >= 0.6 is 0 Å². The molecule has 3 aromatic rings. The highest BCUT2D eigenvalue weighted by Crippen LogP contribution is 2.15. The van der Waals surface area contributed by atoms with Crippen molar-refractivity contribution < 1.29 is 4.79 Å². The maximum Gasteiger partial charge on any atom is 0.271 e. The minimum Gasteiger partial charge on any atom is -0.347 e. The zero-order valence-electron chi connectivity index (χ0n) is 11.0. The maximum absolute atomic E-state index is 12.0. The second kappa shape index (κ2) is 5.54. The summed E-state index contributed by atoms with van der Waals surface area (Å²) in [6.45, 7) is 0.364. The molecule has 1 amide bonds. The van der Waals surface area contributed by atoms with E-state index in [1.54, 1.807) is 6.20 Å². The van der Waals surface area contributed by atoms with Crippen LogP contribution in [0.2, 0.25) is 0 Å². The van der Waals surface area contributed by atoms with E-state index in [4.69, 9.17) is 0 Å². The van der Waals surface area contributed by atoms with E-state index in [0.29, 0.717) is 6.54 Å². The largest absolute Gasteiger partial charge is 0.347 e. The van der Waals surface area contributed by atoms with Crippen LogP contribution in [0.15, 0.2) is 53.5 Å². The summed E-state index contributed by atoms with van der Waals surface area (Å²) in [5.41, 5.74) is 1.68. The molecule has 0 fully saturated rings. The molecule has 2 heterocycles. The zero-order chi connectivity index (χ0) is 14.7. The predicted octanol–water partition coefficient (Wildman–Crippen LogP) is 1.25. The molecule has 0 aliphatic carbocycles. The van der Waals surface area contributed by atoms with Crippen LogP contribution in [0.5, 0.6) is 0 Å². The quantitative estimate of drug-likeness (QED) is 0.755. The van der Waals surface area contributed by atoms with Gasteiger partial charge in [0.1, 0.15) is 5.69 Å². The van der Waals surface area contributed by atoms with Gasteiger partial charge in [-0.2, -0.15) is 5.10 Å². The van der Waals surface area contributed by atoms with Gasteiger partial charge in [-0.25, -0.2) is 5.10 Å². The summed E-state index contributed by atoms with van der Waals surface area (Å²) in [6.07, 6.45) is 1.71. The van der Waals surface area contributed by atoms with E-state index in [1.165, 1.54) is 12.1 Å². The average molecular weight is 280 g/mol. The molecule has 6 nitrogen and oxygen atoms in total. The number of nitrogens with one attached hydrogen (secondary N) is 2. The van der Waals surface area contributed by atoms with Gasteiger partial charge in [-0.15, -0.1) is 0 Å². The normalized spacial score (nSPS) is 10.5. The summed E-state index contributed by atoms with van der Waals surface area (Å²) in [4.78, 5) is 27.1. The molecule has 0 saturated carbocycles. The van der Waals surface area contributed by atoms with Gasteiger partial charge in [-0.1, -0.05) is 18.2 Å². The molecular weight excluding hydrogens is 268 g/mol. The van der Waals surface area contributed by atoms with Crippen LogP contribution in [0.1, 0.15) is 16.1 Å². The van der Waals surface area contributed by atoms with E-state index in [2.05, 4.69) is 20.5 Å². The molecule has 0 aliphatic heterocycles. The average Bonchev–Trinajstić information content (AvgIpc) is 2.53. The number of H-pyrrole nitrogens is 1. The maximum atomic E-state index is 12.0. The highest BCUT2D eigenvalue weighted by atomic mass is 16.2. The number of hydrogen-bond acceptors (Lipinski definition) is 4. The predicted molar refractivity (Wildman–Crippen MR) is 77.8 cm³/mol. The van der Waals surface area contributed by atoms with Crippen molar-refractivity contribution in [2.45, 2.75) is 6.54 Å². The van der Waals surface area contributed by atoms with Gasteiger partial charge in [-0.05, 0) is 23.8 Å². The van der Waals surface area contributed by atoms with Crippen LogP contribution in [-0.4, -0.2) is 21.1 Å². The fourth-order valence-electron chi connectivity index (χ4n) is 2.05. The number of para-hydroxylation sites is 1. The summed E-state index contributed by atoms with van der Waals surface area (Å²) in [5, 5.41) is 9.69. The Kier molecular flexibility index (Phi) is 3.42. The Morgan fingerprint density at radius 1 is 1.14 bits per heavy atom. The van der Waals surface area contributed by atoms with Crippen LogP contribution in [0.4, 0.5) is 0 Å². The van der Waals surface area contributed by atoms with Gasteiger partial charge in [0.2, 0.25) is 0 Å². The van der Waals surface area contributed by atoms with Crippen molar-refractivity contribution in [3.8, 4) is 0 Å². The summed E-state index contributed by atoms with van der Waals surface area (Å²) in [6, 6.07) is 12.2. The summed E-state index contributed by atoms with van der Waals surface area (Å²) in [7, 11) is 0. The van der Waals surface area contributed by atoms with E-state index in [9.17, 15) is 9.59 Å². The Balaban J connectivity index is 1.79. The first-order valence-electron chi connectivity index (χ1n) is 6.40. The molecule has 0 aliphatic rings. The van der Waals surface area contributed by atoms with Crippen LogP contribution in [0.25, 0.3) is 10.9 Å². The topological polar surface area (TPSA) is 87.7 Å². The lowest BCUT2D eigenvalue weighted by Crippen LogP contribution is -2.25. The van der Waals surface area contributed by atoms with E-state index in [0.717, 1.165) is 16.5 Å². The molecule has 0 radical (unpaired) electrons. The molecule has 2 aromatic heterocycles.